The molecule has 1 aliphatic heterocycles. The lowest BCUT2D eigenvalue weighted by atomic mass is 10.1. The molecule has 2 rings (SSSR count). The number of hydrogen-bond acceptors (Lipinski definition) is 3. The van der Waals surface area contributed by atoms with E-state index in [0.29, 0.717) is 6.04 Å². The molecule has 0 radical (unpaired) electrons. The quantitative estimate of drug-likeness (QED) is 0.779. The Balaban J connectivity index is 1.74. The van der Waals surface area contributed by atoms with E-state index in [1.54, 1.807) is 0 Å². The lowest BCUT2D eigenvalue weighted by Crippen LogP contribution is -2.45. The van der Waals surface area contributed by atoms with Crippen LogP contribution < -0.4 is 5.73 Å². The lowest BCUT2D eigenvalue weighted by molar-refractivity contribution is 0.139. The van der Waals surface area contributed by atoms with Gasteiger partial charge >= 0.3 is 0 Å². The molecule has 0 bridgehead atoms. The van der Waals surface area contributed by atoms with Gasteiger partial charge in [-0.3, -0.25) is 4.90 Å². The van der Waals surface area contributed by atoms with Gasteiger partial charge in [-0.25, -0.2) is 0 Å². The predicted molar refractivity (Wildman–Crippen MR) is 86.9 cm³/mol. The SMILES string of the molecule is CC(C)CCN(CCN1CCC(N)CC1)C1CCCC1. The van der Waals surface area contributed by atoms with Crippen molar-refractivity contribution < 1.29 is 0 Å². The molecular formula is C17H35N3. The van der Waals surface area contributed by atoms with Gasteiger partial charge in [0.1, 0.15) is 0 Å². The Hall–Kier alpha value is -0.120. The molecular weight excluding hydrogens is 246 g/mol. The van der Waals surface area contributed by atoms with Gasteiger partial charge in [-0.15, -0.1) is 0 Å². The maximum absolute atomic E-state index is 6.00. The van der Waals surface area contributed by atoms with E-state index in [4.69, 9.17) is 5.73 Å². The van der Waals surface area contributed by atoms with Gasteiger partial charge in [0.05, 0.1) is 0 Å². The van der Waals surface area contributed by atoms with Crippen LogP contribution in [0.2, 0.25) is 0 Å². The van der Waals surface area contributed by atoms with Crippen molar-refractivity contribution in [2.24, 2.45) is 11.7 Å². The third-order valence-corrected chi connectivity index (χ3v) is 5.17. The van der Waals surface area contributed by atoms with E-state index in [1.165, 1.54) is 77.7 Å². The number of piperidine rings is 1. The first-order valence-electron chi connectivity index (χ1n) is 8.87. The second-order valence-corrected chi connectivity index (χ2v) is 7.34. The Morgan fingerprint density at radius 1 is 1.05 bits per heavy atom. The number of likely N-dealkylation sites (tertiary alicyclic amines) is 1. The minimum Gasteiger partial charge on any atom is -0.328 e. The van der Waals surface area contributed by atoms with Gasteiger partial charge in [0.2, 0.25) is 0 Å². The molecule has 0 atom stereocenters. The van der Waals surface area contributed by atoms with Gasteiger partial charge in [-0.2, -0.15) is 0 Å². The van der Waals surface area contributed by atoms with E-state index in [1.807, 2.05) is 0 Å². The molecule has 2 fully saturated rings. The minimum atomic E-state index is 0.457. The van der Waals surface area contributed by atoms with Crippen molar-refractivity contribution in [1.29, 1.82) is 0 Å². The molecule has 1 saturated heterocycles. The van der Waals surface area contributed by atoms with Crippen molar-refractivity contribution in [2.45, 2.75) is 70.9 Å². The molecule has 0 aromatic heterocycles. The van der Waals surface area contributed by atoms with Gasteiger partial charge in [0.15, 0.2) is 0 Å². The first kappa shape index (κ1) is 16.3. The van der Waals surface area contributed by atoms with E-state index < -0.39 is 0 Å². The molecule has 3 heteroatoms. The molecule has 1 heterocycles. The highest BCUT2D eigenvalue weighted by Crippen LogP contribution is 2.24. The largest absolute Gasteiger partial charge is 0.328 e. The molecule has 20 heavy (non-hydrogen) atoms. The van der Waals surface area contributed by atoms with Crippen LogP contribution in [0, 0.1) is 5.92 Å². The van der Waals surface area contributed by atoms with Crippen LogP contribution >= 0.6 is 0 Å². The average molecular weight is 281 g/mol. The summed E-state index contributed by atoms with van der Waals surface area (Å²) in [5.74, 6) is 0.826. The Bertz CT molecular complexity index is 253. The van der Waals surface area contributed by atoms with Crippen LogP contribution in [-0.4, -0.2) is 54.6 Å². The number of rotatable bonds is 7. The van der Waals surface area contributed by atoms with Crippen molar-refractivity contribution in [1.82, 2.24) is 9.80 Å². The van der Waals surface area contributed by atoms with E-state index >= 15 is 0 Å². The summed E-state index contributed by atoms with van der Waals surface area (Å²) in [6.07, 6.45) is 9.49. The topological polar surface area (TPSA) is 32.5 Å². The van der Waals surface area contributed by atoms with Crippen molar-refractivity contribution in [3.05, 3.63) is 0 Å². The third kappa shape index (κ3) is 5.34. The summed E-state index contributed by atoms with van der Waals surface area (Å²) in [6.45, 7) is 10.9. The fourth-order valence-corrected chi connectivity index (χ4v) is 3.62. The van der Waals surface area contributed by atoms with E-state index in [0.717, 1.165) is 12.0 Å². The van der Waals surface area contributed by atoms with Crippen LogP contribution in [0.25, 0.3) is 0 Å². The number of hydrogen-bond donors (Lipinski definition) is 1. The van der Waals surface area contributed by atoms with E-state index in [9.17, 15) is 0 Å². The second-order valence-electron chi connectivity index (χ2n) is 7.34. The Labute approximate surface area is 125 Å². The second kappa shape index (κ2) is 8.35. The molecule has 0 unspecified atom stereocenters. The lowest BCUT2D eigenvalue weighted by Gasteiger charge is -2.34. The van der Waals surface area contributed by atoms with E-state index in [2.05, 4.69) is 23.6 Å². The van der Waals surface area contributed by atoms with Crippen LogP contribution in [0.4, 0.5) is 0 Å². The maximum Gasteiger partial charge on any atom is 0.0112 e. The fraction of sp³-hybridized carbons (Fsp3) is 1.00. The predicted octanol–water partition coefficient (Wildman–Crippen LogP) is 2.70. The summed E-state index contributed by atoms with van der Waals surface area (Å²) in [6, 6.07) is 1.33. The summed E-state index contributed by atoms with van der Waals surface area (Å²) in [5.41, 5.74) is 6.00. The smallest absolute Gasteiger partial charge is 0.0112 e. The van der Waals surface area contributed by atoms with Gasteiger partial charge in [-0.05, 0) is 57.7 Å². The first-order valence-corrected chi connectivity index (χ1v) is 8.87. The molecule has 0 spiro atoms. The number of nitrogens with two attached hydrogens (primary N) is 1. The fourth-order valence-electron chi connectivity index (χ4n) is 3.62. The third-order valence-electron chi connectivity index (χ3n) is 5.17. The molecule has 0 aromatic carbocycles. The van der Waals surface area contributed by atoms with Crippen LogP contribution in [-0.2, 0) is 0 Å². The maximum atomic E-state index is 6.00. The van der Waals surface area contributed by atoms with Crippen molar-refractivity contribution in [2.75, 3.05) is 32.7 Å². The summed E-state index contributed by atoms with van der Waals surface area (Å²) in [7, 11) is 0. The van der Waals surface area contributed by atoms with E-state index in [-0.39, 0.29) is 0 Å². The Kier molecular flexibility index (Phi) is 6.79. The summed E-state index contributed by atoms with van der Waals surface area (Å²) in [4.78, 5) is 5.42. The number of nitrogens with zero attached hydrogens (tertiary/aromatic N) is 2. The Morgan fingerprint density at radius 2 is 1.70 bits per heavy atom. The zero-order chi connectivity index (χ0) is 14.4. The zero-order valence-electron chi connectivity index (χ0n) is 13.7. The summed E-state index contributed by atoms with van der Waals surface area (Å²) < 4.78 is 0. The molecule has 2 N–H and O–H groups in total. The van der Waals surface area contributed by atoms with Gasteiger partial charge in [0.25, 0.3) is 0 Å². The van der Waals surface area contributed by atoms with Crippen molar-refractivity contribution >= 4 is 0 Å². The van der Waals surface area contributed by atoms with Crippen molar-refractivity contribution in [3.63, 3.8) is 0 Å². The first-order chi connectivity index (χ1) is 9.65. The monoisotopic (exact) mass is 281 g/mol. The molecule has 0 amide bonds. The molecule has 1 saturated carbocycles. The average Bonchev–Trinajstić information content (AvgIpc) is 2.94. The summed E-state index contributed by atoms with van der Waals surface area (Å²) >= 11 is 0. The Morgan fingerprint density at radius 3 is 2.30 bits per heavy atom. The van der Waals surface area contributed by atoms with Crippen LogP contribution in [0.3, 0.4) is 0 Å². The van der Waals surface area contributed by atoms with Crippen LogP contribution in [0.15, 0.2) is 0 Å². The van der Waals surface area contributed by atoms with Crippen LogP contribution in [0.1, 0.15) is 58.8 Å². The van der Waals surface area contributed by atoms with Gasteiger partial charge < -0.3 is 10.6 Å². The minimum absolute atomic E-state index is 0.457. The molecule has 1 aliphatic carbocycles. The molecule has 0 aromatic rings. The normalized spacial score (nSPS) is 23.2. The molecule has 2 aliphatic rings. The highest BCUT2D eigenvalue weighted by molar-refractivity contribution is 4.80. The molecule has 3 nitrogen and oxygen atoms in total. The van der Waals surface area contributed by atoms with Crippen LogP contribution in [0.5, 0.6) is 0 Å². The highest BCUT2D eigenvalue weighted by Gasteiger charge is 2.23. The summed E-state index contributed by atoms with van der Waals surface area (Å²) in [5, 5.41) is 0. The zero-order valence-corrected chi connectivity index (χ0v) is 13.7. The van der Waals surface area contributed by atoms with Gasteiger partial charge in [0, 0.05) is 25.2 Å². The standard InChI is InChI=1S/C17H35N3/c1-15(2)7-12-20(17-5-3-4-6-17)14-13-19-10-8-16(18)9-11-19/h15-17H,3-14,18H2,1-2H3. The van der Waals surface area contributed by atoms with Gasteiger partial charge in [-0.1, -0.05) is 26.7 Å². The van der Waals surface area contributed by atoms with Crippen molar-refractivity contribution in [3.8, 4) is 0 Å². The molecule has 118 valence electrons. The highest BCUT2D eigenvalue weighted by atomic mass is 15.2.